The fourth-order valence-corrected chi connectivity index (χ4v) is 1.31. The Kier molecular flexibility index (Phi) is 5.69. The van der Waals surface area contributed by atoms with Gasteiger partial charge in [-0.05, 0) is 24.3 Å². The van der Waals surface area contributed by atoms with Crippen LogP contribution < -0.4 is 11.5 Å². The average Bonchev–Trinajstić information content (AvgIpc) is 2.48. The number of aromatic hydroxyl groups is 1. The monoisotopic (exact) mass is 289 g/mol. The lowest BCUT2D eigenvalue weighted by atomic mass is 10.2. The second-order valence-electron chi connectivity index (χ2n) is 3.84. The highest BCUT2D eigenvalue weighted by Crippen LogP contribution is 2.15. The molecule has 1 amide bonds. The molecule has 0 spiro atoms. The maximum Gasteiger partial charge on any atom is 0.341 e. The van der Waals surface area contributed by atoms with Gasteiger partial charge in [-0.15, -0.1) is 0 Å². The predicted molar refractivity (Wildman–Crippen MR) is 76.6 cm³/mol. The number of amides is 1. The van der Waals surface area contributed by atoms with Crippen LogP contribution in [0.25, 0.3) is 0 Å². The van der Waals surface area contributed by atoms with E-state index in [9.17, 15) is 9.59 Å². The van der Waals surface area contributed by atoms with Crippen LogP contribution in [0.3, 0.4) is 0 Å². The first kappa shape index (κ1) is 16.0. The number of esters is 1. The predicted octanol–water partition coefficient (Wildman–Crippen LogP) is 0.942. The van der Waals surface area contributed by atoms with E-state index in [1.54, 1.807) is 12.1 Å². The molecule has 0 unspecified atom stereocenters. The summed E-state index contributed by atoms with van der Waals surface area (Å²) in [5, 5.41) is 9.11. The molecule has 5 N–H and O–H groups in total. The quantitative estimate of drug-likeness (QED) is 0.706. The summed E-state index contributed by atoms with van der Waals surface area (Å²) in [5.74, 6) is -0.694. The molecule has 0 aliphatic rings. The number of nitrogen functional groups attached to an aromatic ring is 1. The van der Waals surface area contributed by atoms with Gasteiger partial charge >= 0.3 is 5.97 Å². The van der Waals surface area contributed by atoms with E-state index in [2.05, 4.69) is 9.72 Å². The van der Waals surface area contributed by atoms with Crippen LogP contribution in [0.5, 0.6) is 5.75 Å². The minimum atomic E-state index is -0.525. The Bertz CT molecular complexity index is 626. The Morgan fingerprint density at radius 3 is 2.33 bits per heavy atom. The summed E-state index contributed by atoms with van der Waals surface area (Å²) in [6.07, 6.45) is 1.34. The van der Waals surface area contributed by atoms with E-state index >= 15 is 0 Å². The van der Waals surface area contributed by atoms with E-state index in [0.717, 1.165) is 0 Å². The third-order valence-electron chi connectivity index (χ3n) is 2.38. The maximum atomic E-state index is 10.9. The summed E-state index contributed by atoms with van der Waals surface area (Å²) in [7, 11) is 1.27. The number of nitrogens with two attached hydrogens (primary N) is 2. The van der Waals surface area contributed by atoms with Crippen LogP contribution in [0.1, 0.15) is 20.7 Å². The van der Waals surface area contributed by atoms with E-state index in [4.69, 9.17) is 16.6 Å². The molecule has 7 nitrogen and oxygen atoms in total. The van der Waals surface area contributed by atoms with Crippen LogP contribution in [0.2, 0.25) is 0 Å². The summed E-state index contributed by atoms with van der Waals surface area (Å²) in [5.41, 5.74) is 10.8. The Hall–Kier alpha value is -3.09. The van der Waals surface area contributed by atoms with Gasteiger partial charge in [-0.3, -0.25) is 4.79 Å². The van der Waals surface area contributed by atoms with Crippen LogP contribution in [0, 0.1) is 0 Å². The van der Waals surface area contributed by atoms with E-state index in [1.165, 1.54) is 37.6 Å². The molecule has 0 aliphatic heterocycles. The topological polar surface area (TPSA) is 129 Å². The molecule has 2 aromatic rings. The lowest BCUT2D eigenvalue weighted by Crippen LogP contribution is -2.11. The highest BCUT2D eigenvalue weighted by Gasteiger charge is 2.08. The van der Waals surface area contributed by atoms with Gasteiger partial charge in [0.1, 0.15) is 17.1 Å². The number of nitrogens with zero attached hydrogens (tertiary/aromatic N) is 1. The van der Waals surface area contributed by atoms with Gasteiger partial charge < -0.3 is 21.3 Å². The number of rotatable bonds is 2. The molecule has 0 saturated heterocycles. The SMILES string of the molecule is COC(=O)c1ccccc1O.NC(=O)c1ccc(N)nc1. The van der Waals surface area contributed by atoms with E-state index < -0.39 is 11.9 Å². The van der Waals surface area contributed by atoms with E-state index in [1.807, 2.05) is 0 Å². The normalized spacial score (nSPS) is 9.19. The Balaban J connectivity index is 0.000000211. The van der Waals surface area contributed by atoms with Crippen molar-refractivity contribution in [3.63, 3.8) is 0 Å². The van der Waals surface area contributed by atoms with Gasteiger partial charge in [-0.1, -0.05) is 12.1 Å². The van der Waals surface area contributed by atoms with Crippen molar-refractivity contribution in [3.05, 3.63) is 53.7 Å². The highest BCUT2D eigenvalue weighted by atomic mass is 16.5. The van der Waals surface area contributed by atoms with Gasteiger partial charge in [0.05, 0.1) is 12.7 Å². The number of hydrogen-bond donors (Lipinski definition) is 3. The summed E-state index contributed by atoms with van der Waals surface area (Å²) in [6.45, 7) is 0. The number of para-hydroxylation sites is 1. The number of benzene rings is 1. The van der Waals surface area contributed by atoms with Crippen LogP contribution in [-0.4, -0.2) is 29.1 Å². The minimum Gasteiger partial charge on any atom is -0.507 e. The van der Waals surface area contributed by atoms with Gasteiger partial charge in [0, 0.05) is 6.20 Å². The third-order valence-corrected chi connectivity index (χ3v) is 2.38. The number of carbonyl (C=O) groups is 2. The Morgan fingerprint density at radius 1 is 1.19 bits per heavy atom. The lowest BCUT2D eigenvalue weighted by molar-refractivity contribution is 0.0597. The summed E-state index contributed by atoms with van der Waals surface area (Å²) in [6, 6.07) is 9.30. The fraction of sp³-hybridized carbons (Fsp3) is 0.0714. The van der Waals surface area contributed by atoms with Crippen molar-refractivity contribution in [2.45, 2.75) is 0 Å². The first-order valence-electron chi connectivity index (χ1n) is 5.83. The molecule has 0 atom stereocenters. The number of carbonyl (C=O) groups excluding carboxylic acids is 2. The van der Waals surface area contributed by atoms with Crippen molar-refractivity contribution in [2.75, 3.05) is 12.8 Å². The molecule has 7 heteroatoms. The number of aromatic nitrogens is 1. The zero-order chi connectivity index (χ0) is 15.8. The maximum absolute atomic E-state index is 10.9. The highest BCUT2D eigenvalue weighted by molar-refractivity contribution is 5.92. The van der Waals surface area contributed by atoms with Crippen molar-refractivity contribution in [1.82, 2.24) is 4.98 Å². The molecular weight excluding hydrogens is 274 g/mol. The van der Waals surface area contributed by atoms with Gasteiger partial charge in [0.2, 0.25) is 5.91 Å². The van der Waals surface area contributed by atoms with Crippen molar-refractivity contribution in [3.8, 4) is 5.75 Å². The Labute approximate surface area is 121 Å². The summed E-state index contributed by atoms with van der Waals surface area (Å²) in [4.78, 5) is 25.0. The molecule has 2 rings (SSSR count). The number of phenolic OH excluding ortho intramolecular Hbond substituents is 1. The number of hydrogen-bond acceptors (Lipinski definition) is 6. The number of phenols is 1. The molecule has 1 heterocycles. The third kappa shape index (κ3) is 4.83. The van der Waals surface area contributed by atoms with Gasteiger partial charge in [0.15, 0.2) is 0 Å². The molecule has 21 heavy (non-hydrogen) atoms. The smallest absolute Gasteiger partial charge is 0.341 e. The van der Waals surface area contributed by atoms with Gasteiger partial charge in [-0.2, -0.15) is 0 Å². The van der Waals surface area contributed by atoms with Crippen LogP contribution in [0.4, 0.5) is 5.82 Å². The largest absolute Gasteiger partial charge is 0.507 e. The van der Waals surface area contributed by atoms with Crippen LogP contribution in [0.15, 0.2) is 42.6 Å². The van der Waals surface area contributed by atoms with Gasteiger partial charge in [0.25, 0.3) is 0 Å². The van der Waals surface area contributed by atoms with E-state index in [-0.39, 0.29) is 11.3 Å². The molecule has 110 valence electrons. The first-order valence-corrected chi connectivity index (χ1v) is 5.83. The second-order valence-corrected chi connectivity index (χ2v) is 3.84. The van der Waals surface area contributed by atoms with Crippen molar-refractivity contribution < 1.29 is 19.4 Å². The minimum absolute atomic E-state index is 0.0562. The standard InChI is InChI=1S/C8H8O3.C6H7N3O/c1-11-8(10)6-4-2-3-5-7(6)9;7-5-2-1-4(3-9-5)6(8)10/h2-5,9H,1H3;1-3H,(H2,7,9)(H2,8,10). The number of ether oxygens (including phenoxy) is 1. The number of methoxy groups -OCH3 is 1. The number of primary amides is 1. The average molecular weight is 289 g/mol. The first-order chi connectivity index (χ1) is 9.95. The second kappa shape index (κ2) is 7.49. The molecule has 1 aromatic carbocycles. The molecular formula is C14H15N3O4. The van der Waals surface area contributed by atoms with Gasteiger partial charge in [-0.25, -0.2) is 9.78 Å². The zero-order valence-corrected chi connectivity index (χ0v) is 11.3. The summed E-state index contributed by atoms with van der Waals surface area (Å²) < 4.78 is 4.42. The molecule has 0 bridgehead atoms. The molecule has 0 aliphatic carbocycles. The number of anilines is 1. The molecule has 0 radical (unpaired) electrons. The molecule has 0 fully saturated rings. The van der Waals surface area contributed by atoms with E-state index in [0.29, 0.717) is 11.4 Å². The Morgan fingerprint density at radius 2 is 1.86 bits per heavy atom. The van der Waals surface area contributed by atoms with Crippen molar-refractivity contribution >= 4 is 17.7 Å². The fourth-order valence-electron chi connectivity index (χ4n) is 1.31. The summed E-state index contributed by atoms with van der Waals surface area (Å²) >= 11 is 0. The lowest BCUT2D eigenvalue weighted by Gasteiger charge is -1.99. The molecule has 1 aromatic heterocycles. The van der Waals surface area contributed by atoms with Crippen molar-refractivity contribution in [1.29, 1.82) is 0 Å². The van der Waals surface area contributed by atoms with Crippen LogP contribution in [-0.2, 0) is 4.74 Å². The number of pyridine rings is 1. The van der Waals surface area contributed by atoms with Crippen molar-refractivity contribution in [2.24, 2.45) is 5.73 Å². The molecule has 0 saturated carbocycles. The zero-order valence-electron chi connectivity index (χ0n) is 11.3. The van der Waals surface area contributed by atoms with Crippen LogP contribution >= 0.6 is 0 Å².